The number of carboxylic acids is 2. The molecule has 1 saturated carbocycles. The normalized spacial score (nSPS) is 19.9. The molecule has 1 aliphatic carbocycles. The van der Waals surface area contributed by atoms with Crippen LogP contribution in [0.25, 0.3) is 0 Å². The van der Waals surface area contributed by atoms with Crippen molar-refractivity contribution in [2.45, 2.75) is 51.5 Å². The third-order valence-electron chi connectivity index (χ3n) is 8.85. The van der Waals surface area contributed by atoms with Gasteiger partial charge in [-0.15, -0.1) is 0 Å². The van der Waals surface area contributed by atoms with Crippen LogP contribution in [0.3, 0.4) is 0 Å². The van der Waals surface area contributed by atoms with Gasteiger partial charge in [0.2, 0.25) is 0 Å². The summed E-state index contributed by atoms with van der Waals surface area (Å²) >= 11 is 6.13. The minimum atomic E-state index is -2.97. The summed E-state index contributed by atoms with van der Waals surface area (Å²) in [6, 6.07) is 24.0. The average Bonchev–Trinajstić information content (AvgIpc) is 3.35. The Balaban J connectivity index is 1.86. The molecule has 0 radical (unpaired) electrons. The van der Waals surface area contributed by atoms with Gasteiger partial charge in [0.1, 0.15) is 5.82 Å². The number of rotatable bonds is 9. The van der Waals surface area contributed by atoms with Gasteiger partial charge in [-0.2, -0.15) is 0 Å². The van der Waals surface area contributed by atoms with Crippen LogP contribution in [0.1, 0.15) is 46.6 Å². The molecule has 0 saturated heterocycles. The fraction of sp³-hybridized carbons (Fsp3) is 0.355. The lowest BCUT2D eigenvalue weighted by atomic mass is 9.82. The maximum atomic E-state index is 14.1. The molecule has 1 fully saturated rings. The molecule has 5 nitrogen and oxygen atoms in total. The lowest BCUT2D eigenvalue weighted by Gasteiger charge is -2.43. The highest BCUT2D eigenvalue weighted by atomic mass is 35.5. The zero-order valence-corrected chi connectivity index (χ0v) is 24.6. The van der Waals surface area contributed by atoms with E-state index in [9.17, 15) is 24.2 Å². The highest BCUT2D eigenvalue weighted by molar-refractivity contribution is 6.99. The van der Waals surface area contributed by atoms with Crippen molar-refractivity contribution < 1.29 is 28.6 Å². The number of benzene rings is 3. The fourth-order valence-electron chi connectivity index (χ4n) is 7.06. The van der Waals surface area contributed by atoms with E-state index in [1.807, 2.05) is 36.4 Å². The molecule has 0 bridgehead atoms. The van der Waals surface area contributed by atoms with Crippen molar-refractivity contribution in [2.75, 3.05) is 6.61 Å². The van der Waals surface area contributed by atoms with Gasteiger partial charge in [-0.25, -0.2) is 4.39 Å². The number of hydrogen-bond donors (Lipinski definition) is 2. The van der Waals surface area contributed by atoms with Crippen molar-refractivity contribution in [3.8, 4) is 0 Å². The van der Waals surface area contributed by atoms with E-state index in [-0.39, 0.29) is 23.1 Å². The van der Waals surface area contributed by atoms with Crippen molar-refractivity contribution in [2.24, 2.45) is 10.8 Å². The Hall–Kier alpha value is -3.00. The first kappa shape index (κ1) is 29.0. The Morgan fingerprint density at radius 2 is 1.38 bits per heavy atom. The molecule has 1 unspecified atom stereocenters. The van der Waals surface area contributed by atoms with Gasteiger partial charge in [0.05, 0.1) is 5.02 Å². The van der Waals surface area contributed by atoms with Crippen LogP contribution in [0, 0.1) is 16.6 Å². The highest BCUT2D eigenvalue weighted by Crippen LogP contribution is 2.80. The summed E-state index contributed by atoms with van der Waals surface area (Å²) in [7, 11) is -2.97. The topological polar surface area (TPSA) is 83.8 Å². The summed E-state index contributed by atoms with van der Waals surface area (Å²) in [4.78, 5) is 25.4. The van der Waals surface area contributed by atoms with E-state index in [0.717, 1.165) is 16.4 Å². The second kappa shape index (κ2) is 9.88. The van der Waals surface area contributed by atoms with E-state index in [1.54, 1.807) is 13.8 Å². The Morgan fingerprint density at radius 1 is 0.897 bits per heavy atom. The number of carboxylic acid groups (broad SMARTS) is 2. The van der Waals surface area contributed by atoms with Gasteiger partial charge < -0.3 is 14.6 Å². The van der Waals surface area contributed by atoms with Gasteiger partial charge in [0.15, 0.2) is 5.41 Å². The molecule has 4 rings (SSSR count). The van der Waals surface area contributed by atoms with Crippen LogP contribution in [-0.2, 0) is 19.4 Å². The van der Waals surface area contributed by atoms with Gasteiger partial charge in [0.25, 0.3) is 8.32 Å². The fourth-order valence-corrected chi connectivity index (χ4v) is 11.8. The molecule has 1 atom stereocenters. The summed E-state index contributed by atoms with van der Waals surface area (Å²) in [5, 5.41) is 22.3. The van der Waals surface area contributed by atoms with E-state index < -0.39 is 42.3 Å². The summed E-state index contributed by atoms with van der Waals surface area (Å²) in [6.45, 7) is 9.76. The van der Waals surface area contributed by atoms with Crippen molar-refractivity contribution in [3.05, 3.63) is 95.3 Å². The largest absolute Gasteiger partial charge is 0.480 e. The van der Waals surface area contributed by atoms with E-state index in [4.69, 9.17) is 16.0 Å². The van der Waals surface area contributed by atoms with E-state index in [0.29, 0.717) is 5.56 Å². The molecule has 39 heavy (non-hydrogen) atoms. The Bertz CT molecular complexity index is 1330. The lowest BCUT2D eigenvalue weighted by Crippen LogP contribution is -2.66. The van der Waals surface area contributed by atoms with E-state index >= 15 is 0 Å². The van der Waals surface area contributed by atoms with Crippen LogP contribution in [-0.4, -0.2) is 37.1 Å². The molecular formula is C31H34ClFO5Si. The Kier molecular flexibility index (Phi) is 7.34. The minimum Gasteiger partial charge on any atom is -0.480 e. The average molecular weight is 569 g/mol. The van der Waals surface area contributed by atoms with Gasteiger partial charge in [-0.1, -0.05) is 113 Å². The monoisotopic (exact) mass is 568 g/mol. The minimum absolute atomic E-state index is 0.0884. The summed E-state index contributed by atoms with van der Waals surface area (Å²) < 4.78 is 21.2. The molecule has 206 valence electrons. The first-order valence-electron chi connectivity index (χ1n) is 12.9. The second-order valence-corrected chi connectivity index (χ2v) is 16.5. The lowest BCUT2D eigenvalue weighted by molar-refractivity contribution is -0.159. The molecule has 8 heteroatoms. The van der Waals surface area contributed by atoms with Crippen molar-refractivity contribution in [3.63, 3.8) is 0 Å². The molecule has 0 heterocycles. The third kappa shape index (κ3) is 3.97. The van der Waals surface area contributed by atoms with Crippen molar-refractivity contribution in [1.29, 1.82) is 0 Å². The van der Waals surface area contributed by atoms with Gasteiger partial charge in [-0.3, -0.25) is 9.59 Å². The predicted molar refractivity (Wildman–Crippen MR) is 153 cm³/mol. The van der Waals surface area contributed by atoms with Crippen LogP contribution in [0.5, 0.6) is 0 Å². The van der Waals surface area contributed by atoms with Crippen molar-refractivity contribution in [1.82, 2.24) is 0 Å². The van der Waals surface area contributed by atoms with Crippen LogP contribution >= 0.6 is 11.6 Å². The van der Waals surface area contributed by atoms with Crippen LogP contribution < -0.4 is 10.4 Å². The molecule has 0 spiro atoms. The summed E-state index contributed by atoms with van der Waals surface area (Å²) in [5.41, 5.74) is -4.38. The van der Waals surface area contributed by atoms with Crippen LogP contribution in [0.4, 0.5) is 4.39 Å². The van der Waals surface area contributed by atoms with Crippen LogP contribution in [0.2, 0.25) is 10.1 Å². The number of hydrogen-bond acceptors (Lipinski definition) is 3. The number of halogens is 2. The SMILES string of the molecule is CC1(C)C(C(=O)O)(C(=O)O)C1(CCO[Si](c1ccccc1)(c1ccccc1)C(C)(C)C)c1ccc(F)c(Cl)c1. The molecule has 2 N–H and O–H groups in total. The predicted octanol–water partition coefficient (Wildman–Crippen LogP) is 5.88. The first-order chi connectivity index (χ1) is 18.2. The van der Waals surface area contributed by atoms with Crippen LogP contribution in [0.15, 0.2) is 78.9 Å². The van der Waals surface area contributed by atoms with E-state index in [2.05, 4.69) is 45.0 Å². The number of carbonyl (C=O) groups is 2. The number of aliphatic carboxylic acids is 2. The standard InChI is InChI=1S/C31H34ClFO5Si/c1-28(2,3)39(22-12-8-6-9-13-22,23-14-10-7-11-15-23)38-19-18-30(21-16-17-25(33)24(32)20-21)29(4,5)31(30,26(34)35)27(36)37/h6-17,20H,18-19H2,1-5H3,(H,34,35)(H,36,37). The maximum Gasteiger partial charge on any atom is 0.322 e. The zero-order valence-electron chi connectivity index (χ0n) is 22.8. The van der Waals surface area contributed by atoms with Crippen molar-refractivity contribution >= 4 is 42.2 Å². The Morgan fingerprint density at radius 3 is 1.77 bits per heavy atom. The van der Waals surface area contributed by atoms with E-state index in [1.165, 1.54) is 12.1 Å². The Labute approximate surface area is 234 Å². The van der Waals surface area contributed by atoms with Gasteiger partial charge >= 0.3 is 11.9 Å². The molecular weight excluding hydrogens is 535 g/mol. The summed E-state index contributed by atoms with van der Waals surface area (Å²) in [6.07, 6.45) is 0.0884. The zero-order chi connectivity index (χ0) is 28.9. The molecule has 0 amide bonds. The highest BCUT2D eigenvalue weighted by Gasteiger charge is 2.90. The molecule has 3 aromatic carbocycles. The quantitative estimate of drug-likeness (QED) is 0.249. The summed E-state index contributed by atoms with van der Waals surface area (Å²) in [5.74, 6) is -3.54. The van der Waals surface area contributed by atoms with Gasteiger partial charge in [0, 0.05) is 17.4 Å². The molecule has 0 aliphatic heterocycles. The third-order valence-corrected chi connectivity index (χ3v) is 14.2. The van der Waals surface area contributed by atoms with Gasteiger partial charge in [-0.05, 0) is 39.5 Å². The molecule has 0 aromatic heterocycles. The molecule has 1 aliphatic rings. The maximum absolute atomic E-state index is 14.1. The smallest absolute Gasteiger partial charge is 0.322 e. The molecule has 3 aromatic rings. The second-order valence-electron chi connectivity index (χ2n) is 11.8. The first-order valence-corrected chi connectivity index (χ1v) is 15.2.